The van der Waals surface area contributed by atoms with Gasteiger partial charge in [0, 0.05) is 0 Å². The molecular weight excluding hydrogens is 212 g/mol. The van der Waals surface area contributed by atoms with Crippen LogP contribution >= 0.6 is 0 Å². The van der Waals surface area contributed by atoms with Crippen molar-refractivity contribution in [1.82, 2.24) is 0 Å². The molecule has 0 aliphatic heterocycles. The predicted molar refractivity (Wildman–Crippen MR) is 67.7 cm³/mol. The number of benzene rings is 1. The summed E-state index contributed by atoms with van der Waals surface area (Å²) < 4.78 is 4.99. The molecule has 1 aromatic carbocycles. The standard InChI is InChI=1S/C15H12O2/c16-14(15-11-6-12-17-15)10-5-4-9-13-7-2-1-3-8-13/h1-12H/b9-4+,10-5+. The second-order valence-corrected chi connectivity index (χ2v) is 3.47. The van der Waals surface area contributed by atoms with Crippen LogP contribution in [0.1, 0.15) is 16.1 Å². The number of rotatable bonds is 4. The Morgan fingerprint density at radius 1 is 1.00 bits per heavy atom. The van der Waals surface area contributed by atoms with E-state index in [0.29, 0.717) is 5.76 Å². The summed E-state index contributed by atoms with van der Waals surface area (Å²) in [7, 11) is 0. The monoisotopic (exact) mass is 224 g/mol. The van der Waals surface area contributed by atoms with E-state index in [0.717, 1.165) is 5.56 Å². The second-order valence-electron chi connectivity index (χ2n) is 3.47. The Bertz CT molecular complexity index is 519. The van der Waals surface area contributed by atoms with E-state index in [4.69, 9.17) is 4.42 Å². The first-order valence-electron chi connectivity index (χ1n) is 5.34. The highest BCUT2D eigenvalue weighted by atomic mass is 16.3. The minimum atomic E-state index is -0.132. The molecule has 1 heterocycles. The lowest BCUT2D eigenvalue weighted by atomic mass is 10.2. The fourth-order valence-electron chi connectivity index (χ4n) is 1.37. The zero-order valence-electron chi connectivity index (χ0n) is 9.24. The lowest BCUT2D eigenvalue weighted by molar-refractivity contribution is 0.102. The molecule has 84 valence electrons. The molecule has 0 amide bonds. The number of hydrogen-bond donors (Lipinski definition) is 0. The first-order chi connectivity index (χ1) is 8.36. The molecule has 0 bridgehead atoms. The van der Waals surface area contributed by atoms with Crippen molar-refractivity contribution >= 4 is 11.9 Å². The fraction of sp³-hybridized carbons (Fsp3) is 0. The van der Waals surface area contributed by atoms with Crippen LogP contribution in [0.3, 0.4) is 0 Å². The van der Waals surface area contributed by atoms with Crippen molar-refractivity contribution in [3.63, 3.8) is 0 Å². The van der Waals surface area contributed by atoms with Gasteiger partial charge in [-0.15, -0.1) is 0 Å². The minimum absolute atomic E-state index is 0.132. The molecule has 17 heavy (non-hydrogen) atoms. The van der Waals surface area contributed by atoms with E-state index in [1.54, 1.807) is 18.2 Å². The largest absolute Gasteiger partial charge is 0.461 e. The average molecular weight is 224 g/mol. The molecule has 0 radical (unpaired) electrons. The maximum atomic E-state index is 11.5. The van der Waals surface area contributed by atoms with Crippen LogP contribution in [-0.4, -0.2) is 5.78 Å². The SMILES string of the molecule is O=C(/C=C/C=C/c1ccccc1)c1ccco1. The number of furan rings is 1. The third-order valence-electron chi connectivity index (χ3n) is 2.21. The van der Waals surface area contributed by atoms with E-state index in [9.17, 15) is 4.79 Å². The number of carbonyl (C=O) groups is 1. The normalized spacial score (nSPS) is 11.3. The third-order valence-corrected chi connectivity index (χ3v) is 2.21. The summed E-state index contributed by atoms with van der Waals surface area (Å²) in [4.78, 5) is 11.5. The van der Waals surface area contributed by atoms with Gasteiger partial charge in [-0.05, 0) is 23.8 Å². The molecule has 0 atom stereocenters. The quantitative estimate of drug-likeness (QED) is 0.450. The van der Waals surface area contributed by atoms with Gasteiger partial charge >= 0.3 is 0 Å². The average Bonchev–Trinajstić information content (AvgIpc) is 2.89. The summed E-state index contributed by atoms with van der Waals surface area (Å²) in [6.07, 6.45) is 8.44. The Morgan fingerprint density at radius 2 is 1.82 bits per heavy atom. The molecule has 2 nitrogen and oxygen atoms in total. The minimum Gasteiger partial charge on any atom is -0.461 e. The van der Waals surface area contributed by atoms with Crippen molar-refractivity contribution in [2.75, 3.05) is 0 Å². The van der Waals surface area contributed by atoms with Crippen molar-refractivity contribution in [1.29, 1.82) is 0 Å². The smallest absolute Gasteiger partial charge is 0.220 e. The fourth-order valence-corrected chi connectivity index (χ4v) is 1.37. The number of carbonyl (C=O) groups excluding carboxylic acids is 1. The summed E-state index contributed by atoms with van der Waals surface area (Å²) in [5.41, 5.74) is 1.10. The van der Waals surface area contributed by atoms with E-state index in [1.807, 2.05) is 42.5 Å². The van der Waals surface area contributed by atoms with Crippen LogP contribution < -0.4 is 0 Å². The first kappa shape index (κ1) is 11.1. The Labute approximate surface area is 99.9 Å². The number of ketones is 1. The Hall–Kier alpha value is -2.35. The molecule has 2 rings (SSSR count). The van der Waals surface area contributed by atoms with Crippen molar-refractivity contribution in [3.05, 3.63) is 78.3 Å². The maximum absolute atomic E-state index is 11.5. The highest BCUT2D eigenvalue weighted by Gasteiger charge is 2.01. The van der Waals surface area contributed by atoms with Gasteiger partial charge in [0.05, 0.1) is 6.26 Å². The van der Waals surface area contributed by atoms with Crippen LogP contribution in [0.5, 0.6) is 0 Å². The van der Waals surface area contributed by atoms with Gasteiger partial charge in [-0.1, -0.05) is 48.6 Å². The molecular formula is C15H12O2. The molecule has 0 spiro atoms. The topological polar surface area (TPSA) is 30.2 Å². The molecule has 0 aliphatic carbocycles. The lowest BCUT2D eigenvalue weighted by Crippen LogP contribution is -1.89. The molecule has 0 saturated heterocycles. The lowest BCUT2D eigenvalue weighted by Gasteiger charge is -1.88. The number of allylic oxidation sites excluding steroid dienone is 3. The molecule has 0 unspecified atom stereocenters. The maximum Gasteiger partial charge on any atom is 0.220 e. The molecule has 2 aromatic rings. The Balaban J connectivity index is 1.94. The van der Waals surface area contributed by atoms with Crippen LogP contribution in [0.25, 0.3) is 6.08 Å². The van der Waals surface area contributed by atoms with Crippen molar-refractivity contribution in [3.8, 4) is 0 Å². The molecule has 1 aromatic heterocycles. The van der Waals surface area contributed by atoms with Crippen molar-refractivity contribution in [2.45, 2.75) is 0 Å². The molecule has 2 heteroatoms. The first-order valence-corrected chi connectivity index (χ1v) is 5.34. The Kier molecular flexibility index (Phi) is 3.71. The zero-order chi connectivity index (χ0) is 11.9. The van der Waals surface area contributed by atoms with Gasteiger partial charge in [-0.2, -0.15) is 0 Å². The molecule has 0 N–H and O–H groups in total. The van der Waals surface area contributed by atoms with Gasteiger partial charge in [0.25, 0.3) is 0 Å². The van der Waals surface area contributed by atoms with Crippen LogP contribution in [0.15, 0.2) is 71.4 Å². The highest BCUT2D eigenvalue weighted by Crippen LogP contribution is 2.03. The third kappa shape index (κ3) is 3.31. The summed E-state index contributed by atoms with van der Waals surface area (Å²) in [6, 6.07) is 13.2. The Morgan fingerprint density at radius 3 is 2.53 bits per heavy atom. The van der Waals surface area contributed by atoms with Gasteiger partial charge in [-0.3, -0.25) is 4.79 Å². The van der Waals surface area contributed by atoms with Crippen LogP contribution in [0, 0.1) is 0 Å². The summed E-state index contributed by atoms with van der Waals surface area (Å²) in [5, 5.41) is 0. The zero-order valence-corrected chi connectivity index (χ0v) is 9.24. The molecule has 0 aliphatic rings. The summed E-state index contributed by atoms with van der Waals surface area (Å²) in [5.74, 6) is 0.224. The van der Waals surface area contributed by atoms with E-state index in [1.165, 1.54) is 12.3 Å². The van der Waals surface area contributed by atoms with Gasteiger partial charge in [0.15, 0.2) is 5.76 Å². The van der Waals surface area contributed by atoms with Gasteiger partial charge in [-0.25, -0.2) is 0 Å². The predicted octanol–water partition coefficient (Wildman–Crippen LogP) is 3.73. The van der Waals surface area contributed by atoms with E-state index >= 15 is 0 Å². The summed E-state index contributed by atoms with van der Waals surface area (Å²) in [6.45, 7) is 0. The second kappa shape index (κ2) is 5.66. The van der Waals surface area contributed by atoms with Crippen LogP contribution in [0.2, 0.25) is 0 Å². The van der Waals surface area contributed by atoms with Crippen molar-refractivity contribution in [2.24, 2.45) is 0 Å². The summed E-state index contributed by atoms with van der Waals surface area (Å²) >= 11 is 0. The van der Waals surface area contributed by atoms with Gasteiger partial charge in [0.1, 0.15) is 0 Å². The van der Waals surface area contributed by atoms with Crippen molar-refractivity contribution < 1.29 is 9.21 Å². The van der Waals surface area contributed by atoms with Gasteiger partial charge < -0.3 is 4.42 Å². The highest BCUT2D eigenvalue weighted by molar-refractivity contribution is 6.02. The molecule has 0 fully saturated rings. The molecule has 0 saturated carbocycles. The van der Waals surface area contributed by atoms with Gasteiger partial charge in [0.2, 0.25) is 5.78 Å². The number of hydrogen-bond acceptors (Lipinski definition) is 2. The van der Waals surface area contributed by atoms with Crippen LogP contribution in [0.4, 0.5) is 0 Å². The van der Waals surface area contributed by atoms with Crippen LogP contribution in [-0.2, 0) is 0 Å². The van der Waals surface area contributed by atoms with E-state index < -0.39 is 0 Å². The van der Waals surface area contributed by atoms with E-state index in [-0.39, 0.29) is 5.78 Å². The van der Waals surface area contributed by atoms with E-state index in [2.05, 4.69) is 0 Å².